The molecule has 0 bridgehead atoms. The number of nitrogens with one attached hydrogen (secondary N) is 1. The van der Waals surface area contributed by atoms with Gasteiger partial charge in [0.15, 0.2) is 5.96 Å². The summed E-state index contributed by atoms with van der Waals surface area (Å²) < 4.78 is 80.3. The average Bonchev–Trinajstić information content (AvgIpc) is 3.34. The molecule has 0 radical (unpaired) electrons. The smallest absolute Gasteiger partial charge is 0.343 e. The Morgan fingerprint density at radius 1 is 0.800 bits per heavy atom. The molecule has 2 aliphatic heterocycles. The quantitative estimate of drug-likeness (QED) is 0.332. The Balaban J connectivity index is 1.60. The monoisotopic (exact) mass is 505 g/mol. The Hall–Kier alpha value is -2.01. The van der Waals surface area contributed by atoms with Crippen molar-refractivity contribution in [1.29, 1.82) is 0 Å². The van der Waals surface area contributed by atoms with Crippen LogP contribution in [0.1, 0.15) is 62.5 Å². The van der Waals surface area contributed by atoms with Crippen LogP contribution in [0, 0.1) is 0 Å². The lowest BCUT2D eigenvalue weighted by Crippen LogP contribution is -2.49. The first-order valence-corrected chi connectivity index (χ1v) is 12.4. The van der Waals surface area contributed by atoms with Gasteiger partial charge in [-0.05, 0) is 69.8 Å². The third-order valence-electron chi connectivity index (χ3n) is 7.33. The SMILES string of the molecule is N[C@H]1CCCC[C@@H]1N=C(Nc1cc(C(F)(F)F)cc(C(F)(F)F)c1)N1CCC(N2CCCC2)CC1. The maximum Gasteiger partial charge on any atom is 0.416 e. The molecule has 5 nitrogen and oxygen atoms in total. The highest BCUT2D eigenvalue weighted by Gasteiger charge is 2.37. The molecule has 35 heavy (non-hydrogen) atoms. The van der Waals surface area contributed by atoms with Crippen LogP contribution < -0.4 is 11.1 Å². The van der Waals surface area contributed by atoms with Crippen molar-refractivity contribution < 1.29 is 26.3 Å². The second-order valence-electron chi connectivity index (χ2n) is 9.85. The highest BCUT2D eigenvalue weighted by Crippen LogP contribution is 2.38. The van der Waals surface area contributed by atoms with Crippen molar-refractivity contribution in [3.63, 3.8) is 0 Å². The molecule has 2 saturated heterocycles. The Labute approximate surface area is 201 Å². The molecular formula is C24H33F6N5. The summed E-state index contributed by atoms with van der Waals surface area (Å²) in [4.78, 5) is 9.19. The standard InChI is InChI=1S/C24H33F6N5/c25-23(26,27)16-13-17(24(28,29)30)15-18(14-16)32-22(33-21-6-2-1-5-20(21)31)35-11-7-19(8-12-35)34-9-3-4-10-34/h13-15,19-21H,1-12,31H2,(H,32,33)/t20-,21-/m0/s1. The zero-order valence-corrected chi connectivity index (χ0v) is 19.6. The Bertz CT molecular complexity index is 853. The van der Waals surface area contributed by atoms with Crippen molar-refractivity contribution in [3.8, 4) is 0 Å². The van der Waals surface area contributed by atoms with Gasteiger partial charge >= 0.3 is 12.4 Å². The maximum absolute atomic E-state index is 13.4. The van der Waals surface area contributed by atoms with Gasteiger partial charge in [-0.15, -0.1) is 0 Å². The number of rotatable bonds is 3. The van der Waals surface area contributed by atoms with E-state index in [9.17, 15) is 26.3 Å². The van der Waals surface area contributed by atoms with Gasteiger partial charge in [-0.1, -0.05) is 12.8 Å². The predicted octanol–water partition coefficient (Wildman–Crippen LogP) is 5.32. The zero-order valence-electron chi connectivity index (χ0n) is 19.6. The van der Waals surface area contributed by atoms with Crippen molar-refractivity contribution in [1.82, 2.24) is 9.80 Å². The van der Waals surface area contributed by atoms with Crippen LogP contribution in [-0.2, 0) is 12.4 Å². The molecule has 0 spiro atoms. The summed E-state index contributed by atoms with van der Waals surface area (Å²) in [5.41, 5.74) is 3.28. The van der Waals surface area contributed by atoms with Crippen molar-refractivity contribution in [2.45, 2.75) is 81.8 Å². The highest BCUT2D eigenvalue weighted by molar-refractivity contribution is 5.94. The number of benzene rings is 1. The van der Waals surface area contributed by atoms with Gasteiger partial charge in [-0.25, -0.2) is 4.99 Å². The second-order valence-corrected chi connectivity index (χ2v) is 9.85. The number of hydrogen-bond acceptors (Lipinski definition) is 3. The van der Waals surface area contributed by atoms with Crippen molar-refractivity contribution >= 4 is 11.6 Å². The lowest BCUT2D eigenvalue weighted by molar-refractivity contribution is -0.143. The van der Waals surface area contributed by atoms with E-state index in [1.165, 1.54) is 12.8 Å². The minimum Gasteiger partial charge on any atom is -0.343 e. The van der Waals surface area contributed by atoms with Gasteiger partial charge < -0.3 is 20.9 Å². The lowest BCUT2D eigenvalue weighted by atomic mass is 9.91. The molecule has 1 aliphatic carbocycles. The first-order valence-electron chi connectivity index (χ1n) is 12.4. The van der Waals surface area contributed by atoms with Gasteiger partial charge in [0, 0.05) is 30.9 Å². The molecular weight excluding hydrogens is 472 g/mol. The number of likely N-dealkylation sites (tertiary alicyclic amines) is 2. The molecule has 1 saturated carbocycles. The maximum atomic E-state index is 13.4. The molecule has 2 heterocycles. The number of nitrogens with two attached hydrogens (primary N) is 1. The first-order chi connectivity index (χ1) is 16.5. The fourth-order valence-corrected chi connectivity index (χ4v) is 5.36. The second kappa shape index (κ2) is 10.5. The molecule has 11 heteroatoms. The van der Waals surface area contributed by atoms with E-state index in [0.29, 0.717) is 37.2 Å². The van der Waals surface area contributed by atoms with Crippen LogP contribution in [0.3, 0.4) is 0 Å². The molecule has 196 valence electrons. The minimum absolute atomic E-state index is 0.139. The van der Waals surface area contributed by atoms with Gasteiger partial charge in [0.05, 0.1) is 17.2 Å². The molecule has 3 N–H and O–H groups in total. The molecule has 4 rings (SSSR count). The van der Waals surface area contributed by atoms with E-state index in [-0.39, 0.29) is 23.8 Å². The zero-order chi connectivity index (χ0) is 25.2. The molecule has 0 unspecified atom stereocenters. The average molecular weight is 506 g/mol. The van der Waals surface area contributed by atoms with E-state index >= 15 is 0 Å². The molecule has 3 aliphatic rings. The van der Waals surface area contributed by atoms with Crippen LogP contribution >= 0.6 is 0 Å². The van der Waals surface area contributed by atoms with Crippen molar-refractivity contribution in [3.05, 3.63) is 29.3 Å². The van der Waals surface area contributed by atoms with E-state index in [4.69, 9.17) is 10.7 Å². The first kappa shape index (κ1) is 26.1. The minimum atomic E-state index is -4.91. The van der Waals surface area contributed by atoms with Crippen LogP contribution in [-0.4, -0.2) is 60.1 Å². The number of nitrogens with zero attached hydrogens (tertiary/aromatic N) is 3. The summed E-state index contributed by atoms with van der Waals surface area (Å²) in [7, 11) is 0. The van der Waals surface area contributed by atoms with Crippen LogP contribution in [0.15, 0.2) is 23.2 Å². The van der Waals surface area contributed by atoms with Gasteiger partial charge in [0.2, 0.25) is 0 Å². The Morgan fingerprint density at radius 2 is 1.37 bits per heavy atom. The topological polar surface area (TPSA) is 56.9 Å². The third-order valence-corrected chi connectivity index (χ3v) is 7.33. The summed E-state index contributed by atoms with van der Waals surface area (Å²) in [5.74, 6) is 0.305. The molecule has 1 aromatic carbocycles. The molecule has 1 aromatic rings. The van der Waals surface area contributed by atoms with E-state index in [1.807, 2.05) is 4.90 Å². The van der Waals surface area contributed by atoms with Crippen molar-refractivity contribution in [2.24, 2.45) is 10.7 Å². The Kier molecular flexibility index (Phi) is 7.85. The predicted molar refractivity (Wildman–Crippen MR) is 123 cm³/mol. The van der Waals surface area contributed by atoms with Gasteiger partial charge in [0.1, 0.15) is 0 Å². The number of halogens is 6. The molecule has 0 aromatic heterocycles. The largest absolute Gasteiger partial charge is 0.416 e. The number of hydrogen-bond donors (Lipinski definition) is 2. The van der Waals surface area contributed by atoms with E-state index in [0.717, 1.165) is 51.6 Å². The summed E-state index contributed by atoms with van der Waals surface area (Å²) in [6.45, 7) is 3.40. The van der Waals surface area contributed by atoms with Crippen molar-refractivity contribution in [2.75, 3.05) is 31.5 Å². The van der Waals surface area contributed by atoms with Gasteiger partial charge in [-0.2, -0.15) is 26.3 Å². The summed E-state index contributed by atoms with van der Waals surface area (Å²) in [5, 5.41) is 2.83. The summed E-state index contributed by atoms with van der Waals surface area (Å²) in [6.07, 6.45) is -2.25. The summed E-state index contributed by atoms with van der Waals surface area (Å²) in [6, 6.07) is 1.59. The van der Waals surface area contributed by atoms with Crippen LogP contribution in [0.4, 0.5) is 32.0 Å². The van der Waals surface area contributed by atoms with E-state index in [1.54, 1.807) is 0 Å². The highest BCUT2D eigenvalue weighted by atomic mass is 19.4. The number of guanidine groups is 1. The van der Waals surface area contributed by atoms with Crippen LogP contribution in [0.5, 0.6) is 0 Å². The molecule has 0 amide bonds. The number of alkyl halides is 6. The fourth-order valence-electron chi connectivity index (χ4n) is 5.36. The molecule has 2 atom stereocenters. The van der Waals surface area contributed by atoms with E-state index < -0.39 is 23.5 Å². The third kappa shape index (κ3) is 6.61. The van der Waals surface area contributed by atoms with E-state index in [2.05, 4.69) is 10.2 Å². The molecule has 3 fully saturated rings. The fraction of sp³-hybridized carbons (Fsp3) is 0.708. The Morgan fingerprint density at radius 3 is 1.91 bits per heavy atom. The normalized spacial score (nSPS) is 25.8. The lowest BCUT2D eigenvalue weighted by Gasteiger charge is -2.39. The number of aliphatic imine (C=N–C) groups is 1. The summed E-state index contributed by atoms with van der Waals surface area (Å²) >= 11 is 0. The van der Waals surface area contributed by atoms with Crippen LogP contribution in [0.2, 0.25) is 0 Å². The van der Waals surface area contributed by atoms with Gasteiger partial charge in [0.25, 0.3) is 0 Å². The number of anilines is 1. The van der Waals surface area contributed by atoms with Crippen LogP contribution in [0.25, 0.3) is 0 Å². The van der Waals surface area contributed by atoms with Gasteiger partial charge in [-0.3, -0.25) is 0 Å². The number of piperidine rings is 1.